The van der Waals surface area contributed by atoms with Crippen LogP contribution in [0.25, 0.3) is 0 Å². The van der Waals surface area contributed by atoms with E-state index in [1.165, 1.54) is 11.8 Å². The van der Waals surface area contributed by atoms with Gasteiger partial charge in [-0.15, -0.1) is 0 Å². The van der Waals surface area contributed by atoms with Gasteiger partial charge < -0.3 is 16.0 Å². The fourth-order valence-corrected chi connectivity index (χ4v) is 3.37. The van der Waals surface area contributed by atoms with Gasteiger partial charge in [-0.1, -0.05) is 13.8 Å². The number of amides is 4. The quantitative estimate of drug-likeness (QED) is 0.292. The van der Waals surface area contributed by atoms with Crippen LogP contribution in [0, 0.1) is 5.92 Å². The van der Waals surface area contributed by atoms with Crippen LogP contribution >= 0.6 is 0 Å². The average Bonchev–Trinajstić information content (AvgIpc) is 2.99. The molecule has 0 aromatic carbocycles. The van der Waals surface area contributed by atoms with E-state index in [0.717, 1.165) is 0 Å². The Labute approximate surface area is 178 Å². The maximum Gasteiger partial charge on any atom is 0.242 e. The van der Waals surface area contributed by atoms with Crippen molar-refractivity contribution in [1.82, 2.24) is 20.9 Å². The fraction of sp³-hybridized carbons (Fsp3) is 0.762. The first kappa shape index (κ1) is 25.7. The van der Waals surface area contributed by atoms with E-state index in [9.17, 15) is 24.0 Å². The highest BCUT2D eigenvalue weighted by molar-refractivity contribution is 6.01. The molecule has 3 N–H and O–H groups in total. The molecule has 1 unspecified atom stereocenters. The number of nitrogens with zero attached hydrogens (tertiary/aromatic N) is 1. The van der Waals surface area contributed by atoms with Gasteiger partial charge in [0.15, 0.2) is 5.78 Å². The number of ketones is 1. The van der Waals surface area contributed by atoms with Gasteiger partial charge in [0, 0.05) is 19.4 Å². The molecule has 0 spiro atoms. The van der Waals surface area contributed by atoms with Gasteiger partial charge in [-0.2, -0.15) is 0 Å². The number of imide groups is 1. The Bertz CT molecular complexity index is 633. The number of carbonyl (C=O) groups is 5. The van der Waals surface area contributed by atoms with E-state index in [1.807, 2.05) is 13.8 Å². The first-order valence-electron chi connectivity index (χ1n) is 10.7. The van der Waals surface area contributed by atoms with Crippen molar-refractivity contribution >= 4 is 29.4 Å². The molecule has 4 amide bonds. The highest BCUT2D eigenvalue weighted by atomic mass is 16.2. The Balaban J connectivity index is 2.47. The number of carbonyl (C=O) groups excluding carboxylic acids is 5. The highest BCUT2D eigenvalue weighted by Crippen LogP contribution is 2.13. The first-order valence-corrected chi connectivity index (χ1v) is 10.7. The summed E-state index contributed by atoms with van der Waals surface area (Å²) in [5.41, 5.74) is 0. The number of unbranched alkanes of at least 4 members (excludes halogenated alkanes) is 1. The van der Waals surface area contributed by atoms with E-state index in [1.54, 1.807) is 14.0 Å². The van der Waals surface area contributed by atoms with Gasteiger partial charge in [0.05, 0.1) is 12.1 Å². The van der Waals surface area contributed by atoms with Crippen molar-refractivity contribution in [2.75, 3.05) is 13.6 Å². The standard InChI is InChI=1S/C21H36N4O5/c1-13(2)12-17(22-5)21(30)23-14(3)20(29)24-16(15(4)26)8-6-7-11-25-18(27)9-10-19(25)28/h13-14,16-17,22H,6-12H2,1-5H3,(H,23,30)(H,24,29)/t14?,16-,17-/m0/s1. The lowest BCUT2D eigenvalue weighted by atomic mass is 10.0. The molecule has 1 saturated heterocycles. The van der Waals surface area contributed by atoms with Gasteiger partial charge in [0.1, 0.15) is 6.04 Å². The normalized spacial score (nSPS) is 17.1. The van der Waals surface area contributed by atoms with E-state index in [4.69, 9.17) is 0 Å². The molecule has 1 aliphatic heterocycles. The van der Waals surface area contributed by atoms with Gasteiger partial charge in [0.25, 0.3) is 0 Å². The van der Waals surface area contributed by atoms with Crippen molar-refractivity contribution in [3.8, 4) is 0 Å². The van der Waals surface area contributed by atoms with Gasteiger partial charge in [-0.3, -0.25) is 28.9 Å². The second-order valence-corrected chi connectivity index (χ2v) is 8.31. The summed E-state index contributed by atoms with van der Waals surface area (Å²) in [6.07, 6.45) is 2.74. The number of likely N-dealkylation sites (N-methyl/N-ethyl adjacent to an activating group) is 1. The molecule has 0 radical (unpaired) electrons. The molecule has 30 heavy (non-hydrogen) atoms. The molecule has 0 aromatic rings. The summed E-state index contributed by atoms with van der Waals surface area (Å²) in [7, 11) is 1.70. The summed E-state index contributed by atoms with van der Waals surface area (Å²) in [6, 6.07) is -1.83. The zero-order valence-corrected chi connectivity index (χ0v) is 18.7. The maximum atomic E-state index is 12.5. The number of hydrogen-bond acceptors (Lipinski definition) is 6. The van der Waals surface area contributed by atoms with Crippen LogP contribution in [0.1, 0.15) is 66.2 Å². The van der Waals surface area contributed by atoms with Gasteiger partial charge >= 0.3 is 0 Å². The Morgan fingerprint density at radius 1 is 0.933 bits per heavy atom. The lowest BCUT2D eigenvalue weighted by molar-refractivity contribution is -0.138. The predicted octanol–water partition coefficient (Wildman–Crippen LogP) is 0.518. The molecular formula is C21H36N4O5. The zero-order valence-electron chi connectivity index (χ0n) is 18.7. The molecule has 0 bridgehead atoms. The van der Waals surface area contributed by atoms with Crippen LogP contribution in [-0.2, 0) is 24.0 Å². The second kappa shape index (κ2) is 12.4. The van der Waals surface area contributed by atoms with Gasteiger partial charge in [-0.05, 0) is 52.5 Å². The highest BCUT2D eigenvalue weighted by Gasteiger charge is 2.28. The molecule has 0 aromatic heterocycles. The predicted molar refractivity (Wildman–Crippen MR) is 112 cm³/mol. The van der Waals surface area contributed by atoms with Crippen LogP contribution in [0.15, 0.2) is 0 Å². The average molecular weight is 425 g/mol. The Hall–Kier alpha value is -2.29. The fourth-order valence-electron chi connectivity index (χ4n) is 3.37. The number of nitrogens with one attached hydrogen (secondary N) is 3. The third-order valence-electron chi connectivity index (χ3n) is 5.21. The summed E-state index contributed by atoms with van der Waals surface area (Å²) in [5.74, 6) is -0.841. The van der Waals surface area contributed by atoms with E-state index in [2.05, 4.69) is 16.0 Å². The molecule has 9 nitrogen and oxygen atoms in total. The third kappa shape index (κ3) is 8.22. The minimum absolute atomic E-state index is 0.154. The van der Waals surface area contributed by atoms with Gasteiger partial charge in [0.2, 0.25) is 23.6 Å². The van der Waals surface area contributed by atoms with Crippen molar-refractivity contribution in [1.29, 1.82) is 0 Å². The zero-order chi connectivity index (χ0) is 22.8. The molecule has 1 rings (SSSR count). The molecule has 0 aliphatic carbocycles. The minimum Gasteiger partial charge on any atom is -0.345 e. The Morgan fingerprint density at radius 2 is 1.53 bits per heavy atom. The summed E-state index contributed by atoms with van der Waals surface area (Å²) < 4.78 is 0. The second-order valence-electron chi connectivity index (χ2n) is 8.31. The molecular weight excluding hydrogens is 388 g/mol. The van der Waals surface area contributed by atoms with Crippen LogP contribution in [0.2, 0.25) is 0 Å². The van der Waals surface area contributed by atoms with Crippen molar-refractivity contribution in [2.24, 2.45) is 5.92 Å². The van der Waals surface area contributed by atoms with Gasteiger partial charge in [-0.25, -0.2) is 0 Å². The monoisotopic (exact) mass is 424 g/mol. The van der Waals surface area contributed by atoms with E-state index in [-0.39, 0.29) is 42.4 Å². The van der Waals surface area contributed by atoms with E-state index >= 15 is 0 Å². The smallest absolute Gasteiger partial charge is 0.242 e. The van der Waals surface area contributed by atoms with Crippen LogP contribution in [0.4, 0.5) is 0 Å². The third-order valence-corrected chi connectivity index (χ3v) is 5.21. The first-order chi connectivity index (χ1) is 14.1. The maximum absolute atomic E-state index is 12.5. The molecule has 1 aliphatic rings. The van der Waals surface area contributed by atoms with E-state index in [0.29, 0.717) is 38.1 Å². The topological polar surface area (TPSA) is 125 Å². The molecule has 9 heteroatoms. The number of Topliss-reactive ketones (excluding diaryl/α,β-unsaturated/α-hetero) is 1. The minimum atomic E-state index is -0.776. The summed E-state index contributed by atoms with van der Waals surface area (Å²) in [5, 5.41) is 8.33. The van der Waals surface area contributed by atoms with Crippen LogP contribution < -0.4 is 16.0 Å². The molecule has 1 fully saturated rings. The van der Waals surface area contributed by atoms with Crippen LogP contribution in [-0.4, -0.2) is 66.0 Å². The summed E-state index contributed by atoms with van der Waals surface area (Å²) >= 11 is 0. The van der Waals surface area contributed by atoms with Crippen molar-refractivity contribution in [2.45, 2.75) is 84.3 Å². The Morgan fingerprint density at radius 3 is 2.03 bits per heavy atom. The summed E-state index contributed by atoms with van der Waals surface area (Å²) in [6.45, 7) is 7.35. The number of hydrogen-bond donors (Lipinski definition) is 3. The van der Waals surface area contributed by atoms with Crippen molar-refractivity contribution in [3.63, 3.8) is 0 Å². The molecule has 3 atom stereocenters. The van der Waals surface area contributed by atoms with Crippen LogP contribution in [0.5, 0.6) is 0 Å². The molecule has 1 heterocycles. The Kier molecular flexibility index (Phi) is 10.7. The largest absolute Gasteiger partial charge is 0.345 e. The van der Waals surface area contributed by atoms with Crippen molar-refractivity contribution < 1.29 is 24.0 Å². The van der Waals surface area contributed by atoms with E-state index < -0.39 is 18.0 Å². The number of likely N-dealkylation sites (tertiary alicyclic amines) is 1. The molecule has 0 saturated carbocycles. The SMILES string of the molecule is CN[C@@H](CC(C)C)C(=O)NC(C)C(=O)N[C@@H](CCCCN1C(=O)CCC1=O)C(C)=O. The lowest BCUT2D eigenvalue weighted by Crippen LogP contribution is -2.53. The van der Waals surface area contributed by atoms with Crippen molar-refractivity contribution in [3.05, 3.63) is 0 Å². The lowest BCUT2D eigenvalue weighted by Gasteiger charge is -2.23. The molecule has 170 valence electrons. The summed E-state index contributed by atoms with van der Waals surface area (Å²) in [4.78, 5) is 61.2. The number of rotatable bonds is 13. The van der Waals surface area contributed by atoms with Crippen LogP contribution in [0.3, 0.4) is 0 Å².